The molecule has 5 heteroatoms. The molecule has 0 aliphatic heterocycles. The molecular weight excluding hydrogens is 348 g/mol. The average Bonchev–Trinajstić information content (AvgIpc) is 2.66. The molecule has 128 valence electrons. The first-order valence-corrected chi connectivity index (χ1v) is 8.24. The molecule has 0 aromatic heterocycles. The summed E-state index contributed by atoms with van der Waals surface area (Å²) in [7, 11) is 1.50. The highest BCUT2D eigenvalue weighted by Crippen LogP contribution is 2.28. The van der Waals surface area contributed by atoms with Crippen LogP contribution in [0.4, 0.5) is 5.69 Å². The maximum Gasteiger partial charge on any atom is 0.266 e. The van der Waals surface area contributed by atoms with E-state index in [1.165, 1.54) is 7.11 Å². The second kappa shape index (κ2) is 7.73. The fraction of sp³-hybridized carbons (Fsp3) is 0.0476. The van der Waals surface area contributed by atoms with Crippen LogP contribution in [-0.4, -0.2) is 13.0 Å². The van der Waals surface area contributed by atoms with Crippen LogP contribution in [0, 0.1) is 11.3 Å². The van der Waals surface area contributed by atoms with Gasteiger partial charge in [0.2, 0.25) is 0 Å². The van der Waals surface area contributed by atoms with Crippen molar-refractivity contribution in [2.24, 2.45) is 0 Å². The van der Waals surface area contributed by atoms with Gasteiger partial charge in [-0.25, -0.2) is 0 Å². The minimum absolute atomic E-state index is 0.0108. The van der Waals surface area contributed by atoms with Crippen molar-refractivity contribution in [3.05, 3.63) is 76.8 Å². The molecule has 3 rings (SSSR count). The summed E-state index contributed by atoms with van der Waals surface area (Å²) >= 11 is 5.98. The largest absolute Gasteiger partial charge is 0.495 e. The van der Waals surface area contributed by atoms with Crippen LogP contribution in [-0.2, 0) is 4.79 Å². The first kappa shape index (κ1) is 17.5. The molecule has 3 aromatic carbocycles. The van der Waals surface area contributed by atoms with E-state index in [0.29, 0.717) is 16.5 Å². The van der Waals surface area contributed by atoms with Crippen molar-refractivity contribution in [1.29, 1.82) is 5.26 Å². The SMILES string of the molecule is COc1ccc(Cl)cc1NC(=O)/C(C#N)=C/c1cccc2ccccc12. The predicted molar refractivity (Wildman–Crippen MR) is 104 cm³/mol. The quantitative estimate of drug-likeness (QED) is 0.522. The first-order valence-electron chi connectivity index (χ1n) is 7.87. The molecule has 0 aliphatic carbocycles. The minimum atomic E-state index is -0.527. The average molecular weight is 363 g/mol. The van der Waals surface area contributed by atoms with E-state index in [4.69, 9.17) is 16.3 Å². The Morgan fingerprint density at radius 3 is 2.69 bits per heavy atom. The van der Waals surface area contributed by atoms with E-state index >= 15 is 0 Å². The highest BCUT2D eigenvalue weighted by Gasteiger charge is 2.13. The third-order valence-corrected chi connectivity index (χ3v) is 4.13. The molecule has 26 heavy (non-hydrogen) atoms. The number of hydrogen-bond acceptors (Lipinski definition) is 3. The van der Waals surface area contributed by atoms with Gasteiger partial charge in [-0.15, -0.1) is 0 Å². The van der Waals surface area contributed by atoms with Gasteiger partial charge in [-0.3, -0.25) is 4.79 Å². The Labute approximate surface area is 156 Å². The van der Waals surface area contributed by atoms with Crippen LogP contribution in [0.15, 0.2) is 66.2 Å². The highest BCUT2D eigenvalue weighted by atomic mass is 35.5. The van der Waals surface area contributed by atoms with Gasteiger partial charge in [0.25, 0.3) is 5.91 Å². The fourth-order valence-electron chi connectivity index (χ4n) is 2.65. The summed E-state index contributed by atoms with van der Waals surface area (Å²) < 4.78 is 5.21. The Balaban J connectivity index is 1.96. The van der Waals surface area contributed by atoms with Gasteiger partial charge >= 0.3 is 0 Å². The Kier molecular flexibility index (Phi) is 5.21. The Bertz CT molecular complexity index is 1050. The van der Waals surface area contributed by atoms with E-state index in [0.717, 1.165) is 16.3 Å². The van der Waals surface area contributed by atoms with Gasteiger partial charge in [-0.1, -0.05) is 54.1 Å². The molecule has 0 aliphatic rings. The Morgan fingerprint density at radius 1 is 1.15 bits per heavy atom. The zero-order valence-corrected chi connectivity index (χ0v) is 14.7. The summed E-state index contributed by atoms with van der Waals surface area (Å²) in [5.41, 5.74) is 1.19. The number of ether oxygens (including phenoxy) is 1. The number of halogens is 1. The summed E-state index contributed by atoms with van der Waals surface area (Å²) in [4.78, 5) is 12.6. The van der Waals surface area contributed by atoms with E-state index in [1.807, 2.05) is 48.5 Å². The Morgan fingerprint density at radius 2 is 1.92 bits per heavy atom. The number of nitrogens with zero attached hydrogens (tertiary/aromatic N) is 1. The standard InChI is InChI=1S/C21H15ClN2O2/c1-26-20-10-9-17(22)12-19(20)24-21(25)16(13-23)11-15-7-4-6-14-5-2-3-8-18(14)15/h2-12H,1H3,(H,24,25)/b16-11+. The van der Waals surface area contributed by atoms with Crippen molar-refractivity contribution in [2.45, 2.75) is 0 Å². The van der Waals surface area contributed by atoms with Crippen molar-refractivity contribution < 1.29 is 9.53 Å². The van der Waals surface area contributed by atoms with E-state index in [9.17, 15) is 10.1 Å². The lowest BCUT2D eigenvalue weighted by molar-refractivity contribution is -0.112. The van der Waals surface area contributed by atoms with Gasteiger partial charge in [-0.2, -0.15) is 5.26 Å². The number of carbonyl (C=O) groups is 1. The third-order valence-electron chi connectivity index (χ3n) is 3.90. The molecule has 0 bridgehead atoms. The van der Waals surface area contributed by atoms with Crippen LogP contribution in [0.1, 0.15) is 5.56 Å². The number of anilines is 1. The molecule has 0 unspecified atom stereocenters. The zero-order chi connectivity index (χ0) is 18.5. The normalized spacial score (nSPS) is 11.0. The highest BCUT2D eigenvalue weighted by molar-refractivity contribution is 6.31. The van der Waals surface area contributed by atoms with E-state index in [-0.39, 0.29) is 5.57 Å². The number of nitrogens with one attached hydrogen (secondary N) is 1. The van der Waals surface area contributed by atoms with E-state index in [2.05, 4.69) is 5.32 Å². The van der Waals surface area contributed by atoms with Crippen LogP contribution in [0.5, 0.6) is 5.75 Å². The van der Waals surface area contributed by atoms with Crippen LogP contribution >= 0.6 is 11.6 Å². The summed E-state index contributed by atoms with van der Waals surface area (Å²) in [6.45, 7) is 0. The molecule has 4 nitrogen and oxygen atoms in total. The van der Waals surface area contributed by atoms with Gasteiger partial charge in [0, 0.05) is 5.02 Å². The molecule has 0 fully saturated rings. The van der Waals surface area contributed by atoms with Gasteiger partial charge < -0.3 is 10.1 Å². The summed E-state index contributed by atoms with van der Waals surface area (Å²) in [6.07, 6.45) is 1.58. The zero-order valence-electron chi connectivity index (χ0n) is 14.0. The third kappa shape index (κ3) is 3.69. The van der Waals surface area contributed by atoms with E-state index in [1.54, 1.807) is 24.3 Å². The second-order valence-electron chi connectivity index (χ2n) is 5.54. The minimum Gasteiger partial charge on any atom is -0.495 e. The van der Waals surface area contributed by atoms with Crippen molar-refractivity contribution in [1.82, 2.24) is 0 Å². The van der Waals surface area contributed by atoms with Crippen LogP contribution in [0.25, 0.3) is 16.8 Å². The van der Waals surface area contributed by atoms with Crippen molar-refractivity contribution in [3.63, 3.8) is 0 Å². The molecule has 0 spiro atoms. The van der Waals surface area contributed by atoms with Crippen molar-refractivity contribution in [2.75, 3.05) is 12.4 Å². The lowest BCUT2D eigenvalue weighted by Crippen LogP contribution is -2.14. The summed E-state index contributed by atoms with van der Waals surface area (Å²) in [6, 6.07) is 20.4. The van der Waals surface area contributed by atoms with Gasteiger partial charge in [0.1, 0.15) is 17.4 Å². The molecular formula is C21H15ClN2O2. The molecule has 0 heterocycles. The maximum atomic E-state index is 12.6. The maximum absolute atomic E-state index is 12.6. The smallest absolute Gasteiger partial charge is 0.266 e. The number of carbonyl (C=O) groups excluding carboxylic acids is 1. The van der Waals surface area contributed by atoms with Gasteiger partial charge in [0.15, 0.2) is 0 Å². The van der Waals surface area contributed by atoms with Gasteiger partial charge in [-0.05, 0) is 40.6 Å². The molecule has 1 N–H and O–H groups in total. The number of amides is 1. The van der Waals surface area contributed by atoms with Crippen LogP contribution in [0.3, 0.4) is 0 Å². The second-order valence-corrected chi connectivity index (χ2v) is 5.97. The first-order chi connectivity index (χ1) is 12.6. The van der Waals surface area contributed by atoms with Crippen LogP contribution in [0.2, 0.25) is 5.02 Å². The number of nitriles is 1. The summed E-state index contributed by atoms with van der Waals surface area (Å²) in [5, 5.41) is 14.6. The molecule has 3 aromatic rings. The number of fused-ring (bicyclic) bond motifs is 1. The number of benzene rings is 3. The predicted octanol–water partition coefficient (Wildman–Crippen LogP) is 5.05. The molecule has 0 atom stereocenters. The topological polar surface area (TPSA) is 62.1 Å². The fourth-order valence-corrected chi connectivity index (χ4v) is 2.82. The lowest BCUT2D eigenvalue weighted by Gasteiger charge is -2.10. The van der Waals surface area contributed by atoms with E-state index < -0.39 is 5.91 Å². The van der Waals surface area contributed by atoms with Gasteiger partial charge in [0.05, 0.1) is 12.8 Å². The molecule has 0 saturated carbocycles. The summed E-state index contributed by atoms with van der Waals surface area (Å²) in [5.74, 6) is -0.0637. The van der Waals surface area contributed by atoms with Crippen molar-refractivity contribution in [3.8, 4) is 11.8 Å². The number of hydrogen-bond donors (Lipinski definition) is 1. The molecule has 0 radical (unpaired) electrons. The number of methoxy groups -OCH3 is 1. The number of rotatable bonds is 4. The molecule has 0 saturated heterocycles. The Hall–Kier alpha value is -3.29. The molecule has 1 amide bonds. The van der Waals surface area contributed by atoms with Crippen molar-refractivity contribution >= 4 is 40.0 Å². The monoisotopic (exact) mass is 362 g/mol. The lowest BCUT2D eigenvalue weighted by atomic mass is 10.0. The van der Waals surface area contributed by atoms with Crippen LogP contribution < -0.4 is 10.1 Å².